The lowest BCUT2D eigenvalue weighted by molar-refractivity contribution is 1.23. The highest BCUT2D eigenvalue weighted by molar-refractivity contribution is 6.05. The molecule has 12 aromatic rings. The van der Waals surface area contributed by atoms with Crippen molar-refractivity contribution < 1.29 is 0 Å². The second-order valence-corrected chi connectivity index (χ2v) is 16.6. The third-order valence-electron chi connectivity index (χ3n) is 12.6. The van der Waals surface area contributed by atoms with Crippen molar-refractivity contribution in [2.75, 3.05) is 0 Å². The van der Waals surface area contributed by atoms with Crippen LogP contribution in [0.3, 0.4) is 0 Å². The van der Waals surface area contributed by atoms with Crippen molar-refractivity contribution in [3.8, 4) is 89.4 Å². The van der Waals surface area contributed by atoms with E-state index in [9.17, 15) is 0 Å². The summed E-state index contributed by atoms with van der Waals surface area (Å²) >= 11 is 0. The Balaban J connectivity index is 1.05. The second-order valence-electron chi connectivity index (χ2n) is 16.6. The summed E-state index contributed by atoms with van der Waals surface area (Å²) in [6, 6.07) is 81.6. The molecule has 0 aliphatic carbocycles. The molecular formula is C62H40N4. The molecule has 0 aliphatic rings. The summed E-state index contributed by atoms with van der Waals surface area (Å²) in [5, 5.41) is 3.20. The zero-order valence-corrected chi connectivity index (χ0v) is 35.9. The lowest BCUT2D eigenvalue weighted by Crippen LogP contribution is -1.98. The predicted octanol–water partition coefficient (Wildman–Crippen LogP) is 16.1. The van der Waals surface area contributed by atoms with E-state index in [4.69, 9.17) is 19.9 Å². The first-order valence-corrected chi connectivity index (χ1v) is 22.3. The lowest BCUT2D eigenvalue weighted by Gasteiger charge is -2.16. The predicted molar refractivity (Wildman–Crippen MR) is 274 cm³/mol. The van der Waals surface area contributed by atoms with Gasteiger partial charge in [-0.25, -0.2) is 9.97 Å². The molecule has 0 fully saturated rings. The average molecular weight is 841 g/mol. The fraction of sp³-hybridized carbons (Fsp3) is 0. The van der Waals surface area contributed by atoms with Crippen LogP contribution in [0.5, 0.6) is 0 Å². The third-order valence-corrected chi connectivity index (χ3v) is 12.6. The molecule has 0 unspecified atom stereocenters. The number of hydrogen-bond acceptors (Lipinski definition) is 4. The number of aromatic nitrogens is 4. The minimum absolute atomic E-state index is 0.657. The summed E-state index contributed by atoms with van der Waals surface area (Å²) in [7, 11) is 0. The summed E-state index contributed by atoms with van der Waals surface area (Å²) < 4.78 is 0. The molecule has 0 amide bonds. The van der Waals surface area contributed by atoms with Crippen LogP contribution in [0.15, 0.2) is 243 Å². The molecule has 12 rings (SSSR count). The topological polar surface area (TPSA) is 51.6 Å². The maximum atomic E-state index is 5.50. The van der Waals surface area contributed by atoms with E-state index in [1.165, 1.54) is 16.7 Å². The van der Waals surface area contributed by atoms with Crippen LogP contribution in [0.25, 0.3) is 122 Å². The maximum absolute atomic E-state index is 5.50. The first-order chi connectivity index (χ1) is 32.7. The first-order valence-electron chi connectivity index (χ1n) is 22.3. The summed E-state index contributed by atoms with van der Waals surface area (Å²) in [5.41, 5.74) is 19.0. The molecule has 0 spiro atoms. The van der Waals surface area contributed by atoms with Gasteiger partial charge in [0.25, 0.3) is 0 Å². The van der Waals surface area contributed by atoms with Crippen LogP contribution < -0.4 is 0 Å². The fourth-order valence-corrected chi connectivity index (χ4v) is 9.21. The Morgan fingerprint density at radius 2 is 0.652 bits per heavy atom. The highest BCUT2D eigenvalue weighted by Crippen LogP contribution is 2.41. The molecule has 0 atom stereocenters. The summed E-state index contributed by atoms with van der Waals surface area (Å²) in [6.45, 7) is 0. The summed E-state index contributed by atoms with van der Waals surface area (Å²) in [6.07, 6.45) is 3.72. The Bertz CT molecular complexity index is 3690. The van der Waals surface area contributed by atoms with Crippen molar-refractivity contribution in [2.45, 2.75) is 0 Å². The Morgan fingerprint density at radius 3 is 1.17 bits per heavy atom. The van der Waals surface area contributed by atoms with Gasteiger partial charge in [-0.2, -0.15) is 0 Å². The first kappa shape index (κ1) is 38.8. The van der Waals surface area contributed by atoms with Crippen molar-refractivity contribution in [1.29, 1.82) is 0 Å². The normalized spacial score (nSPS) is 11.3. The van der Waals surface area contributed by atoms with Crippen LogP contribution in [0.1, 0.15) is 0 Å². The van der Waals surface area contributed by atoms with Crippen LogP contribution in [0, 0.1) is 0 Å². The van der Waals surface area contributed by atoms with Crippen molar-refractivity contribution in [1.82, 2.24) is 19.9 Å². The molecule has 0 bridgehead atoms. The molecule has 0 radical (unpaired) electrons. The van der Waals surface area contributed by atoms with E-state index < -0.39 is 0 Å². The number of benzene rings is 9. The number of rotatable bonds is 8. The maximum Gasteiger partial charge on any atom is 0.160 e. The molecular weight excluding hydrogens is 801 g/mol. The quantitative estimate of drug-likeness (QED) is 0.153. The van der Waals surface area contributed by atoms with Gasteiger partial charge in [-0.15, -0.1) is 0 Å². The molecule has 4 heteroatoms. The molecule has 0 saturated carbocycles. The van der Waals surface area contributed by atoms with Gasteiger partial charge in [-0.3, -0.25) is 9.97 Å². The number of nitrogens with zero attached hydrogens (tertiary/aromatic N) is 4. The van der Waals surface area contributed by atoms with Gasteiger partial charge < -0.3 is 0 Å². The van der Waals surface area contributed by atoms with Crippen LogP contribution in [-0.4, -0.2) is 19.9 Å². The van der Waals surface area contributed by atoms with E-state index in [1.54, 1.807) is 0 Å². The smallest absolute Gasteiger partial charge is 0.160 e. The van der Waals surface area contributed by atoms with E-state index in [-0.39, 0.29) is 0 Å². The van der Waals surface area contributed by atoms with Gasteiger partial charge in [0.1, 0.15) is 0 Å². The number of fused-ring (bicyclic) bond motifs is 3. The molecule has 0 N–H and O–H groups in total. The van der Waals surface area contributed by atoms with Gasteiger partial charge >= 0.3 is 0 Å². The molecule has 4 nitrogen and oxygen atoms in total. The number of pyridine rings is 2. The van der Waals surface area contributed by atoms with Crippen LogP contribution >= 0.6 is 0 Å². The van der Waals surface area contributed by atoms with Crippen molar-refractivity contribution in [3.63, 3.8) is 0 Å². The Hall–Kier alpha value is -8.86. The van der Waals surface area contributed by atoms with E-state index in [0.717, 1.165) is 99.6 Å². The highest BCUT2D eigenvalue weighted by Gasteiger charge is 2.19. The van der Waals surface area contributed by atoms with E-state index in [0.29, 0.717) is 5.82 Å². The van der Waals surface area contributed by atoms with Gasteiger partial charge in [0, 0.05) is 56.4 Å². The molecule has 9 aromatic carbocycles. The van der Waals surface area contributed by atoms with Crippen molar-refractivity contribution in [3.05, 3.63) is 243 Å². The van der Waals surface area contributed by atoms with Crippen molar-refractivity contribution >= 4 is 32.7 Å². The number of para-hydroxylation sites is 2. The Labute approximate surface area is 383 Å². The fourth-order valence-electron chi connectivity index (χ4n) is 9.21. The van der Waals surface area contributed by atoms with Gasteiger partial charge in [0.15, 0.2) is 5.82 Å². The van der Waals surface area contributed by atoms with Gasteiger partial charge in [0.05, 0.1) is 22.2 Å². The van der Waals surface area contributed by atoms with E-state index >= 15 is 0 Å². The molecule has 308 valence electrons. The lowest BCUT2D eigenvalue weighted by atomic mass is 9.91. The Kier molecular flexibility index (Phi) is 9.81. The molecule has 3 heterocycles. The number of hydrogen-bond donors (Lipinski definition) is 0. The third kappa shape index (κ3) is 7.27. The van der Waals surface area contributed by atoms with Crippen molar-refractivity contribution in [2.24, 2.45) is 0 Å². The van der Waals surface area contributed by atoms with E-state index in [2.05, 4.69) is 218 Å². The molecule has 3 aromatic heterocycles. The monoisotopic (exact) mass is 840 g/mol. The SMILES string of the molecule is c1ccc(-c2ccc(-c3cc(-c4ccc(-c5ccccc5)cc4)c4nc(-c5ccc(-c6cccc7cccnc67)cc5)nc(-c5ccc(-c6cccc7cccnc67)cc5)c4c3)cc2)cc1. The minimum Gasteiger partial charge on any atom is -0.256 e. The molecule has 0 aliphatic heterocycles. The Morgan fingerprint density at radius 1 is 0.242 bits per heavy atom. The second kappa shape index (κ2) is 16.7. The van der Waals surface area contributed by atoms with Gasteiger partial charge in [-0.05, 0) is 74.3 Å². The van der Waals surface area contributed by atoms with E-state index in [1.807, 2.05) is 24.5 Å². The van der Waals surface area contributed by atoms with Gasteiger partial charge in [0.2, 0.25) is 0 Å². The molecule has 0 saturated heterocycles. The largest absolute Gasteiger partial charge is 0.256 e. The van der Waals surface area contributed by atoms with Gasteiger partial charge in [-0.1, -0.05) is 206 Å². The average Bonchev–Trinajstić information content (AvgIpc) is 3.40. The van der Waals surface area contributed by atoms with Crippen LogP contribution in [0.2, 0.25) is 0 Å². The summed E-state index contributed by atoms with van der Waals surface area (Å²) in [4.78, 5) is 20.5. The standard InChI is InChI=1S/C62H40N4/c1-3-11-41(12-4-1)43-21-23-45(24-22-43)53-39-56(48-27-25-44(26-28-48)42-13-5-2-6-14-42)61-57(40-53)60(51-33-29-46(30-34-51)54-19-7-15-49-17-9-37-63-58(49)54)65-62(66-61)52-35-31-47(32-36-52)55-20-8-16-50-18-10-38-64-59(50)55/h1-40H. The zero-order chi connectivity index (χ0) is 43.8. The summed E-state index contributed by atoms with van der Waals surface area (Å²) in [5.74, 6) is 0.657. The zero-order valence-electron chi connectivity index (χ0n) is 35.9. The highest BCUT2D eigenvalue weighted by atomic mass is 14.9. The van der Waals surface area contributed by atoms with Crippen LogP contribution in [-0.2, 0) is 0 Å². The minimum atomic E-state index is 0.657. The molecule has 66 heavy (non-hydrogen) atoms. The van der Waals surface area contributed by atoms with Crippen LogP contribution in [0.4, 0.5) is 0 Å².